The predicted octanol–water partition coefficient (Wildman–Crippen LogP) is 10.4. The summed E-state index contributed by atoms with van der Waals surface area (Å²) in [6, 6.07) is 38.9. The minimum Gasteiger partial charge on any atom is -0.0902 e. The molecule has 0 unspecified atom stereocenters. The number of rotatable bonds is 9. The Bertz CT molecular complexity index is 1290. The third-order valence-corrected chi connectivity index (χ3v) is 10.7. The number of hydrogen-bond acceptors (Lipinski definition) is 0. The van der Waals surface area contributed by atoms with Gasteiger partial charge in [0.15, 0.2) is 0 Å². The van der Waals surface area contributed by atoms with Gasteiger partial charge in [-0.1, -0.05) is 182 Å². The van der Waals surface area contributed by atoms with Crippen LogP contribution in [0, 0.1) is 0 Å². The standard InChI is InChI=1S/C36H38Si2/c1-37(2,27-23-31-11-7-5-8-12-31)29-25-33-15-19-35(20-16-33)36-21-17-34(18-22-36)26-30-38(3,4)28-24-32-13-9-6-10-14-32/h5-30H,1-4H3/b27-23+,28-24+,29-25+,30-26+. The maximum absolute atomic E-state index is 2.41. The number of benzene rings is 4. The monoisotopic (exact) mass is 526 g/mol. The van der Waals surface area contributed by atoms with Gasteiger partial charge in [-0.2, -0.15) is 0 Å². The average molecular weight is 527 g/mol. The van der Waals surface area contributed by atoms with Crippen molar-refractivity contribution in [2.24, 2.45) is 0 Å². The van der Waals surface area contributed by atoms with Crippen LogP contribution in [0.2, 0.25) is 26.2 Å². The molecule has 0 radical (unpaired) electrons. The molecule has 0 fully saturated rings. The Morgan fingerprint density at radius 3 is 0.895 bits per heavy atom. The van der Waals surface area contributed by atoms with Crippen LogP contribution in [0.1, 0.15) is 22.3 Å². The van der Waals surface area contributed by atoms with Crippen LogP contribution in [0.25, 0.3) is 35.4 Å². The Kier molecular flexibility index (Phi) is 9.12. The van der Waals surface area contributed by atoms with Crippen molar-refractivity contribution in [1.29, 1.82) is 0 Å². The van der Waals surface area contributed by atoms with E-state index in [1.54, 1.807) is 0 Å². The number of hydrogen-bond donors (Lipinski definition) is 0. The Balaban J connectivity index is 1.36. The highest BCUT2D eigenvalue weighted by atomic mass is 28.3. The van der Waals surface area contributed by atoms with Crippen molar-refractivity contribution >= 4 is 40.5 Å². The van der Waals surface area contributed by atoms with E-state index in [9.17, 15) is 0 Å². The summed E-state index contributed by atoms with van der Waals surface area (Å²) in [4.78, 5) is 0. The minimum absolute atomic E-state index is 1.25. The summed E-state index contributed by atoms with van der Waals surface area (Å²) < 4.78 is 0. The van der Waals surface area contributed by atoms with Gasteiger partial charge in [0.25, 0.3) is 0 Å². The lowest BCUT2D eigenvalue weighted by Crippen LogP contribution is -2.18. The molecule has 0 aromatic heterocycles. The van der Waals surface area contributed by atoms with Gasteiger partial charge in [-0.05, 0) is 33.4 Å². The van der Waals surface area contributed by atoms with E-state index >= 15 is 0 Å². The summed E-state index contributed by atoms with van der Waals surface area (Å²) in [5, 5.41) is 0. The molecule has 0 amide bonds. The van der Waals surface area contributed by atoms with Crippen molar-refractivity contribution in [3.05, 3.63) is 154 Å². The third-order valence-electron chi connectivity index (χ3n) is 6.58. The van der Waals surface area contributed by atoms with Crippen molar-refractivity contribution in [2.75, 3.05) is 0 Å². The molecule has 0 saturated carbocycles. The molecule has 0 heterocycles. The van der Waals surface area contributed by atoms with Crippen LogP contribution in [-0.4, -0.2) is 16.1 Å². The summed E-state index contributed by atoms with van der Waals surface area (Å²) in [7, 11) is -3.13. The van der Waals surface area contributed by atoms with Crippen molar-refractivity contribution in [2.45, 2.75) is 26.2 Å². The fourth-order valence-corrected chi connectivity index (χ4v) is 6.77. The highest BCUT2D eigenvalue weighted by Crippen LogP contribution is 2.22. The maximum Gasteiger partial charge on any atom is 0.0954 e. The maximum atomic E-state index is 2.41. The SMILES string of the molecule is C[Si](C)(/C=C/c1ccccc1)/C=C/c1ccc(-c2ccc(/C=C/[Si](C)(C)/C=C/c3ccccc3)cc2)cc1. The first-order valence-electron chi connectivity index (χ1n) is 13.4. The molecule has 2 heteroatoms. The van der Waals surface area contributed by atoms with Crippen LogP contribution < -0.4 is 0 Å². The van der Waals surface area contributed by atoms with Crippen molar-refractivity contribution in [3.63, 3.8) is 0 Å². The van der Waals surface area contributed by atoms with Gasteiger partial charge in [0.05, 0.1) is 16.1 Å². The molecule has 0 spiro atoms. The first-order chi connectivity index (χ1) is 18.3. The highest BCUT2D eigenvalue weighted by Gasteiger charge is 2.12. The van der Waals surface area contributed by atoms with E-state index in [1.165, 1.54) is 33.4 Å². The Labute approximate surface area is 231 Å². The average Bonchev–Trinajstić information content (AvgIpc) is 2.95. The zero-order valence-electron chi connectivity index (χ0n) is 23.0. The molecule has 38 heavy (non-hydrogen) atoms. The van der Waals surface area contributed by atoms with Crippen LogP contribution in [0.3, 0.4) is 0 Å². The lowest BCUT2D eigenvalue weighted by molar-refractivity contribution is 1.58. The molecule has 4 rings (SSSR count). The van der Waals surface area contributed by atoms with E-state index in [0.717, 1.165) is 0 Å². The lowest BCUT2D eigenvalue weighted by Gasteiger charge is -2.12. The van der Waals surface area contributed by atoms with Crippen LogP contribution in [0.5, 0.6) is 0 Å². The lowest BCUT2D eigenvalue weighted by atomic mass is 10.0. The molecule has 0 aliphatic carbocycles. The van der Waals surface area contributed by atoms with Gasteiger partial charge >= 0.3 is 0 Å². The molecule has 0 bridgehead atoms. The Hall–Kier alpha value is -3.73. The van der Waals surface area contributed by atoms with Crippen molar-refractivity contribution in [3.8, 4) is 11.1 Å². The summed E-state index contributed by atoms with van der Waals surface area (Å²) in [6.07, 6.45) is 9.06. The van der Waals surface area contributed by atoms with Crippen LogP contribution >= 0.6 is 0 Å². The predicted molar refractivity (Wildman–Crippen MR) is 176 cm³/mol. The van der Waals surface area contributed by atoms with E-state index in [4.69, 9.17) is 0 Å². The van der Waals surface area contributed by atoms with E-state index in [1.807, 2.05) is 0 Å². The highest BCUT2D eigenvalue weighted by molar-refractivity contribution is 6.88. The molecular formula is C36H38Si2. The molecule has 4 aromatic carbocycles. The smallest absolute Gasteiger partial charge is 0.0902 e. The summed E-state index contributed by atoms with van der Waals surface area (Å²) >= 11 is 0. The molecule has 0 aliphatic heterocycles. The zero-order chi connectivity index (χ0) is 26.8. The van der Waals surface area contributed by atoms with Gasteiger partial charge in [-0.3, -0.25) is 0 Å². The summed E-state index contributed by atoms with van der Waals surface area (Å²) in [5.74, 6) is 0. The van der Waals surface area contributed by atoms with Crippen LogP contribution in [-0.2, 0) is 0 Å². The largest absolute Gasteiger partial charge is 0.0954 e. The summed E-state index contributed by atoms with van der Waals surface area (Å²) in [6.45, 7) is 9.49. The third kappa shape index (κ3) is 8.69. The second kappa shape index (κ2) is 12.7. The molecule has 0 N–H and O–H groups in total. The molecule has 0 aliphatic rings. The van der Waals surface area contributed by atoms with Gasteiger partial charge in [-0.15, -0.1) is 0 Å². The van der Waals surface area contributed by atoms with Crippen molar-refractivity contribution < 1.29 is 0 Å². The normalized spacial score (nSPS) is 12.8. The van der Waals surface area contributed by atoms with E-state index in [-0.39, 0.29) is 0 Å². The molecule has 4 aromatic rings. The van der Waals surface area contributed by atoms with Gasteiger partial charge < -0.3 is 0 Å². The van der Waals surface area contributed by atoms with E-state index in [2.05, 4.69) is 182 Å². The molecule has 0 nitrogen and oxygen atoms in total. The topological polar surface area (TPSA) is 0 Å². The first-order valence-corrected chi connectivity index (χ1v) is 19.7. The minimum atomic E-state index is -1.57. The Morgan fingerprint density at radius 1 is 0.342 bits per heavy atom. The summed E-state index contributed by atoms with van der Waals surface area (Å²) in [5.41, 5.74) is 17.1. The second-order valence-corrected chi connectivity index (χ2v) is 19.7. The van der Waals surface area contributed by atoms with Gasteiger partial charge in [-0.25, -0.2) is 0 Å². The van der Waals surface area contributed by atoms with E-state index < -0.39 is 16.1 Å². The fraction of sp³-hybridized carbons (Fsp3) is 0.111. The molecular weight excluding hydrogens is 489 g/mol. The van der Waals surface area contributed by atoms with Gasteiger partial charge in [0, 0.05) is 0 Å². The fourth-order valence-electron chi connectivity index (χ4n) is 4.06. The first kappa shape index (κ1) is 27.3. The molecule has 190 valence electrons. The van der Waals surface area contributed by atoms with Gasteiger partial charge in [0.2, 0.25) is 0 Å². The zero-order valence-corrected chi connectivity index (χ0v) is 25.0. The quantitative estimate of drug-likeness (QED) is 0.190. The van der Waals surface area contributed by atoms with Gasteiger partial charge in [0.1, 0.15) is 0 Å². The van der Waals surface area contributed by atoms with Crippen LogP contribution in [0.15, 0.2) is 132 Å². The van der Waals surface area contributed by atoms with Crippen LogP contribution in [0.4, 0.5) is 0 Å². The Morgan fingerprint density at radius 2 is 0.605 bits per heavy atom. The second-order valence-electron chi connectivity index (χ2n) is 11.0. The molecule has 0 saturated heterocycles. The van der Waals surface area contributed by atoms with Crippen molar-refractivity contribution in [1.82, 2.24) is 0 Å². The van der Waals surface area contributed by atoms with E-state index in [0.29, 0.717) is 0 Å². The molecule has 0 atom stereocenters.